The van der Waals surface area contributed by atoms with Crippen LogP contribution in [-0.2, 0) is 14.4 Å². The Morgan fingerprint density at radius 2 is 1.73 bits per heavy atom. The van der Waals surface area contributed by atoms with Crippen molar-refractivity contribution in [3.05, 3.63) is 0 Å². The zero-order chi connectivity index (χ0) is 11.4. The van der Waals surface area contributed by atoms with Crippen molar-refractivity contribution < 1.29 is 24.6 Å². The van der Waals surface area contributed by atoms with Crippen LogP contribution in [0.15, 0.2) is 0 Å². The minimum absolute atomic E-state index is 0.340. The lowest BCUT2D eigenvalue weighted by molar-refractivity contribution is -0.150. The third-order valence-corrected chi connectivity index (χ3v) is 3.76. The van der Waals surface area contributed by atoms with E-state index in [-0.39, 0.29) is 5.92 Å². The first kappa shape index (κ1) is 9.95. The Balaban J connectivity index is 2.38. The summed E-state index contributed by atoms with van der Waals surface area (Å²) in [7, 11) is 0. The van der Waals surface area contributed by atoms with Gasteiger partial charge in [-0.05, 0) is 18.8 Å². The van der Waals surface area contributed by atoms with E-state index in [1.165, 1.54) is 0 Å². The highest BCUT2D eigenvalue weighted by Gasteiger charge is 2.79. The minimum atomic E-state index is -1.32. The van der Waals surface area contributed by atoms with Crippen LogP contribution in [0.5, 0.6) is 0 Å². The lowest BCUT2D eigenvalue weighted by Crippen LogP contribution is -2.37. The van der Waals surface area contributed by atoms with Crippen LogP contribution in [0.1, 0.15) is 12.8 Å². The van der Waals surface area contributed by atoms with Crippen LogP contribution in [0.25, 0.3) is 0 Å². The number of aliphatic carboxylic acids is 2. The molecule has 6 heteroatoms. The number of primary amides is 1. The van der Waals surface area contributed by atoms with Crippen molar-refractivity contribution in [2.75, 3.05) is 0 Å². The summed E-state index contributed by atoms with van der Waals surface area (Å²) in [6, 6.07) is 0. The summed E-state index contributed by atoms with van der Waals surface area (Å²) in [4.78, 5) is 33.1. The predicted molar refractivity (Wildman–Crippen MR) is 46.6 cm³/mol. The molecule has 6 nitrogen and oxygen atoms in total. The quantitative estimate of drug-likeness (QED) is 0.572. The van der Waals surface area contributed by atoms with Crippen LogP contribution in [0.3, 0.4) is 0 Å². The van der Waals surface area contributed by atoms with Gasteiger partial charge in [-0.3, -0.25) is 14.4 Å². The number of carbonyl (C=O) groups is 3. The molecule has 2 saturated carbocycles. The molecular weight excluding hydrogens is 202 g/mol. The molecule has 0 saturated heterocycles. The molecule has 2 aliphatic rings. The molecule has 2 aliphatic carbocycles. The van der Waals surface area contributed by atoms with Crippen LogP contribution in [0.2, 0.25) is 0 Å². The number of carbonyl (C=O) groups excluding carboxylic acids is 1. The second kappa shape index (κ2) is 2.71. The van der Waals surface area contributed by atoms with Gasteiger partial charge in [0.1, 0.15) is 0 Å². The van der Waals surface area contributed by atoms with Crippen molar-refractivity contribution in [2.24, 2.45) is 28.9 Å². The maximum Gasteiger partial charge on any atom is 0.307 e. The summed E-state index contributed by atoms with van der Waals surface area (Å²) in [6.07, 6.45) is 0.795. The Bertz CT molecular complexity index is 366. The van der Waals surface area contributed by atoms with E-state index < -0.39 is 35.1 Å². The van der Waals surface area contributed by atoms with Crippen molar-refractivity contribution in [2.45, 2.75) is 12.8 Å². The van der Waals surface area contributed by atoms with E-state index in [0.717, 1.165) is 0 Å². The van der Waals surface area contributed by atoms with Gasteiger partial charge in [0.05, 0.1) is 17.3 Å². The first-order chi connectivity index (χ1) is 6.94. The van der Waals surface area contributed by atoms with Gasteiger partial charge in [-0.1, -0.05) is 0 Å². The van der Waals surface area contributed by atoms with Crippen molar-refractivity contribution >= 4 is 17.8 Å². The lowest BCUT2D eigenvalue weighted by Gasteiger charge is -2.17. The number of hydrogen-bond acceptors (Lipinski definition) is 3. The number of amides is 1. The fourth-order valence-electron chi connectivity index (χ4n) is 3.16. The third-order valence-electron chi connectivity index (χ3n) is 3.76. The van der Waals surface area contributed by atoms with Crippen molar-refractivity contribution in [1.82, 2.24) is 0 Å². The molecule has 2 rings (SSSR count). The summed E-state index contributed by atoms with van der Waals surface area (Å²) >= 11 is 0. The first-order valence-electron chi connectivity index (χ1n) is 4.69. The molecule has 4 unspecified atom stereocenters. The fourth-order valence-corrected chi connectivity index (χ4v) is 3.16. The molecule has 82 valence electrons. The molecule has 4 atom stereocenters. The molecule has 0 spiro atoms. The Morgan fingerprint density at radius 3 is 2.07 bits per heavy atom. The standard InChI is InChI=1S/C9H11NO5/c10-8(15)9-3(5(9)7(13)14)1-2-4(9)6(11)12/h3-5H,1-2H2,(H2,10,15)(H,11,12)(H,13,14). The smallest absolute Gasteiger partial charge is 0.307 e. The average Bonchev–Trinajstić information content (AvgIpc) is 2.63. The number of nitrogens with two attached hydrogens (primary N) is 1. The molecule has 2 fully saturated rings. The maximum absolute atomic E-state index is 11.3. The van der Waals surface area contributed by atoms with Crippen LogP contribution in [0.4, 0.5) is 0 Å². The van der Waals surface area contributed by atoms with Gasteiger partial charge in [0.25, 0.3) is 0 Å². The second-order valence-corrected chi connectivity index (χ2v) is 4.19. The highest BCUT2D eigenvalue weighted by molar-refractivity contribution is 5.98. The minimum Gasteiger partial charge on any atom is -0.481 e. The van der Waals surface area contributed by atoms with Gasteiger partial charge in [0, 0.05) is 0 Å². The zero-order valence-electron chi connectivity index (χ0n) is 7.84. The number of carboxylic acids is 2. The molecule has 1 amide bonds. The third kappa shape index (κ3) is 0.961. The van der Waals surface area contributed by atoms with Gasteiger partial charge in [-0.25, -0.2) is 0 Å². The van der Waals surface area contributed by atoms with E-state index in [1.807, 2.05) is 0 Å². The fraction of sp³-hybridized carbons (Fsp3) is 0.667. The van der Waals surface area contributed by atoms with Crippen molar-refractivity contribution in [1.29, 1.82) is 0 Å². The van der Waals surface area contributed by atoms with Crippen molar-refractivity contribution in [3.63, 3.8) is 0 Å². The molecule has 0 bridgehead atoms. The Hall–Kier alpha value is -1.59. The highest BCUT2D eigenvalue weighted by Crippen LogP contribution is 2.70. The van der Waals surface area contributed by atoms with Crippen LogP contribution in [-0.4, -0.2) is 28.1 Å². The zero-order valence-corrected chi connectivity index (χ0v) is 7.84. The number of rotatable bonds is 3. The second-order valence-electron chi connectivity index (χ2n) is 4.19. The summed E-state index contributed by atoms with van der Waals surface area (Å²) in [6.45, 7) is 0. The molecule has 0 aromatic carbocycles. The van der Waals surface area contributed by atoms with E-state index in [4.69, 9.17) is 15.9 Å². The average molecular weight is 213 g/mol. The van der Waals surface area contributed by atoms with Gasteiger partial charge in [0.15, 0.2) is 0 Å². The van der Waals surface area contributed by atoms with E-state index in [2.05, 4.69) is 0 Å². The molecule has 0 aromatic heterocycles. The number of hydrogen-bond donors (Lipinski definition) is 3. The molecule has 0 radical (unpaired) electrons. The predicted octanol–water partition coefficient (Wildman–Crippen LogP) is -0.717. The molecule has 0 aliphatic heterocycles. The first-order valence-corrected chi connectivity index (χ1v) is 4.69. The van der Waals surface area contributed by atoms with Crippen molar-refractivity contribution in [3.8, 4) is 0 Å². The summed E-state index contributed by atoms with van der Waals surface area (Å²) in [5, 5.41) is 17.8. The molecule has 0 aromatic rings. The highest BCUT2D eigenvalue weighted by atomic mass is 16.4. The van der Waals surface area contributed by atoms with Gasteiger partial charge < -0.3 is 15.9 Å². The molecule has 0 heterocycles. The van der Waals surface area contributed by atoms with Crippen LogP contribution in [0, 0.1) is 23.2 Å². The monoisotopic (exact) mass is 213 g/mol. The van der Waals surface area contributed by atoms with E-state index in [9.17, 15) is 14.4 Å². The van der Waals surface area contributed by atoms with E-state index >= 15 is 0 Å². The van der Waals surface area contributed by atoms with Gasteiger partial charge in [-0.2, -0.15) is 0 Å². The summed E-state index contributed by atoms with van der Waals surface area (Å²) in [5.74, 6) is -5.24. The van der Waals surface area contributed by atoms with Crippen LogP contribution < -0.4 is 5.73 Å². The largest absolute Gasteiger partial charge is 0.481 e. The van der Waals surface area contributed by atoms with Gasteiger partial charge in [0.2, 0.25) is 5.91 Å². The van der Waals surface area contributed by atoms with E-state index in [1.54, 1.807) is 0 Å². The lowest BCUT2D eigenvalue weighted by atomic mass is 9.86. The Morgan fingerprint density at radius 1 is 1.13 bits per heavy atom. The molecular formula is C9H11NO5. The molecule has 4 N–H and O–H groups in total. The topological polar surface area (TPSA) is 118 Å². The van der Waals surface area contributed by atoms with Crippen LogP contribution >= 0.6 is 0 Å². The number of carboxylic acid groups (broad SMARTS) is 2. The van der Waals surface area contributed by atoms with E-state index in [0.29, 0.717) is 12.8 Å². The van der Waals surface area contributed by atoms with Gasteiger partial charge >= 0.3 is 11.9 Å². The SMILES string of the molecule is NC(=O)C12C(C(=O)O)CCC1C2C(=O)O. The molecule has 15 heavy (non-hydrogen) atoms. The number of fused-ring (bicyclic) bond motifs is 1. The summed E-state index contributed by atoms with van der Waals surface area (Å²) < 4.78 is 0. The normalized spacial score (nSPS) is 42.0. The van der Waals surface area contributed by atoms with Gasteiger partial charge in [-0.15, -0.1) is 0 Å². The Labute approximate surface area is 85.1 Å². The maximum atomic E-state index is 11.3. The Kier molecular flexibility index (Phi) is 1.80. The summed E-state index contributed by atoms with van der Waals surface area (Å²) in [5.41, 5.74) is 3.84.